The molecule has 0 spiro atoms. The predicted octanol–water partition coefficient (Wildman–Crippen LogP) is 1.06. The molecule has 1 fully saturated rings. The maximum atomic E-state index is 11.3. The first-order chi connectivity index (χ1) is 6.69. The van der Waals surface area contributed by atoms with Crippen molar-refractivity contribution >= 4 is 11.9 Å². The zero-order chi connectivity index (χ0) is 10.6. The second-order valence-electron chi connectivity index (χ2n) is 3.15. The van der Waals surface area contributed by atoms with Gasteiger partial charge in [-0.15, -0.1) is 0 Å². The van der Waals surface area contributed by atoms with Gasteiger partial charge in [0.15, 0.2) is 0 Å². The van der Waals surface area contributed by atoms with E-state index in [1.165, 1.54) is 7.11 Å². The summed E-state index contributed by atoms with van der Waals surface area (Å²) in [7, 11) is 1.35. The van der Waals surface area contributed by atoms with Gasteiger partial charge in [0, 0.05) is 11.5 Å². The standard InChI is InChI=1S/C10H14O4/c1-3-8-7(6-9(11)13-2)4-5-14-10(8)12/h3,7H,4-6H2,1-2H3/t7-/m1/s1. The molecular formula is C10H14O4. The van der Waals surface area contributed by atoms with E-state index >= 15 is 0 Å². The highest BCUT2D eigenvalue weighted by Gasteiger charge is 2.28. The molecule has 0 saturated carbocycles. The molecule has 0 aromatic carbocycles. The highest BCUT2D eigenvalue weighted by molar-refractivity contribution is 5.90. The van der Waals surface area contributed by atoms with Crippen LogP contribution in [0.2, 0.25) is 0 Å². The van der Waals surface area contributed by atoms with Crippen molar-refractivity contribution in [3.8, 4) is 0 Å². The fourth-order valence-corrected chi connectivity index (χ4v) is 1.55. The number of rotatable bonds is 2. The van der Waals surface area contributed by atoms with Gasteiger partial charge in [-0.1, -0.05) is 6.08 Å². The largest absolute Gasteiger partial charge is 0.469 e. The Morgan fingerprint density at radius 1 is 1.71 bits per heavy atom. The van der Waals surface area contributed by atoms with Gasteiger partial charge in [-0.3, -0.25) is 4.79 Å². The van der Waals surface area contributed by atoms with Crippen LogP contribution >= 0.6 is 0 Å². The minimum absolute atomic E-state index is 0.0475. The van der Waals surface area contributed by atoms with Crippen LogP contribution in [0.1, 0.15) is 19.8 Å². The van der Waals surface area contributed by atoms with Crippen LogP contribution < -0.4 is 0 Å². The molecule has 0 aromatic heterocycles. The molecule has 0 N–H and O–H groups in total. The van der Waals surface area contributed by atoms with Gasteiger partial charge in [-0.05, 0) is 13.3 Å². The van der Waals surface area contributed by atoms with Crippen molar-refractivity contribution in [1.82, 2.24) is 0 Å². The Morgan fingerprint density at radius 3 is 3.00 bits per heavy atom. The smallest absolute Gasteiger partial charge is 0.333 e. The molecule has 1 rings (SSSR count). The molecule has 4 heteroatoms. The maximum Gasteiger partial charge on any atom is 0.333 e. The van der Waals surface area contributed by atoms with E-state index in [-0.39, 0.29) is 24.3 Å². The summed E-state index contributed by atoms with van der Waals surface area (Å²) in [6.07, 6.45) is 2.65. The molecule has 14 heavy (non-hydrogen) atoms. The van der Waals surface area contributed by atoms with Crippen LogP contribution in [0, 0.1) is 5.92 Å². The minimum Gasteiger partial charge on any atom is -0.469 e. The zero-order valence-electron chi connectivity index (χ0n) is 8.41. The van der Waals surface area contributed by atoms with Crippen LogP contribution in [0.15, 0.2) is 11.6 Å². The average Bonchev–Trinajstić information content (AvgIpc) is 2.18. The summed E-state index contributed by atoms with van der Waals surface area (Å²) < 4.78 is 9.43. The summed E-state index contributed by atoms with van der Waals surface area (Å²) in [5, 5.41) is 0. The van der Waals surface area contributed by atoms with Crippen molar-refractivity contribution in [2.45, 2.75) is 19.8 Å². The van der Waals surface area contributed by atoms with Gasteiger partial charge >= 0.3 is 11.9 Å². The summed E-state index contributed by atoms with van der Waals surface area (Å²) in [6.45, 7) is 2.16. The fraction of sp³-hybridized carbons (Fsp3) is 0.600. The van der Waals surface area contributed by atoms with Crippen molar-refractivity contribution in [2.75, 3.05) is 13.7 Å². The first-order valence-electron chi connectivity index (χ1n) is 4.59. The lowest BCUT2D eigenvalue weighted by molar-refractivity contribution is -0.145. The van der Waals surface area contributed by atoms with Crippen molar-refractivity contribution in [1.29, 1.82) is 0 Å². The molecule has 0 aromatic rings. The van der Waals surface area contributed by atoms with E-state index in [0.29, 0.717) is 18.6 Å². The molecule has 1 saturated heterocycles. The molecule has 0 radical (unpaired) electrons. The lowest BCUT2D eigenvalue weighted by Crippen LogP contribution is -2.26. The molecule has 0 aliphatic carbocycles. The van der Waals surface area contributed by atoms with Gasteiger partial charge in [0.2, 0.25) is 0 Å². The molecule has 78 valence electrons. The summed E-state index contributed by atoms with van der Waals surface area (Å²) in [6, 6.07) is 0. The van der Waals surface area contributed by atoms with E-state index < -0.39 is 0 Å². The number of hydrogen-bond acceptors (Lipinski definition) is 4. The van der Waals surface area contributed by atoms with Crippen LogP contribution in [-0.4, -0.2) is 25.7 Å². The highest BCUT2D eigenvalue weighted by Crippen LogP contribution is 2.25. The number of carbonyl (C=O) groups excluding carboxylic acids is 2. The van der Waals surface area contributed by atoms with Crippen molar-refractivity contribution in [3.05, 3.63) is 11.6 Å². The number of cyclic esters (lactones) is 1. The average molecular weight is 198 g/mol. The summed E-state index contributed by atoms with van der Waals surface area (Å²) >= 11 is 0. The summed E-state index contributed by atoms with van der Waals surface area (Å²) in [4.78, 5) is 22.3. The minimum atomic E-state index is -0.312. The zero-order valence-corrected chi connectivity index (χ0v) is 8.41. The van der Waals surface area contributed by atoms with Gasteiger partial charge in [0.05, 0.1) is 20.1 Å². The number of hydrogen-bond donors (Lipinski definition) is 0. The monoisotopic (exact) mass is 198 g/mol. The molecule has 0 amide bonds. The molecule has 4 nitrogen and oxygen atoms in total. The van der Waals surface area contributed by atoms with Gasteiger partial charge in [0.25, 0.3) is 0 Å². The second-order valence-corrected chi connectivity index (χ2v) is 3.15. The summed E-state index contributed by atoms with van der Waals surface area (Å²) in [5.41, 5.74) is 0.585. The Labute approximate surface area is 82.9 Å². The van der Waals surface area contributed by atoms with Crippen LogP contribution in [0.5, 0.6) is 0 Å². The van der Waals surface area contributed by atoms with Crippen LogP contribution in [0.4, 0.5) is 0 Å². The second kappa shape index (κ2) is 4.79. The number of methoxy groups -OCH3 is 1. The molecule has 1 aliphatic heterocycles. The van der Waals surface area contributed by atoms with E-state index in [1.54, 1.807) is 13.0 Å². The Hall–Kier alpha value is -1.32. The summed E-state index contributed by atoms with van der Waals surface area (Å²) in [5.74, 6) is -0.648. The van der Waals surface area contributed by atoms with Crippen LogP contribution in [0.25, 0.3) is 0 Å². The van der Waals surface area contributed by atoms with Gasteiger partial charge in [0.1, 0.15) is 0 Å². The quantitative estimate of drug-likeness (QED) is 0.491. The van der Waals surface area contributed by atoms with Crippen LogP contribution in [-0.2, 0) is 19.1 Å². The highest BCUT2D eigenvalue weighted by atomic mass is 16.5. The first kappa shape index (κ1) is 10.8. The third-order valence-electron chi connectivity index (χ3n) is 2.33. The SMILES string of the molecule is CC=C1C(=O)OCC[C@@H]1CC(=O)OC. The van der Waals surface area contributed by atoms with Crippen molar-refractivity contribution in [2.24, 2.45) is 5.92 Å². The number of ether oxygens (including phenoxy) is 2. The lowest BCUT2D eigenvalue weighted by atomic mass is 9.90. The molecular weight excluding hydrogens is 184 g/mol. The normalized spacial score (nSPS) is 24.6. The van der Waals surface area contributed by atoms with E-state index in [9.17, 15) is 9.59 Å². The van der Waals surface area contributed by atoms with Crippen molar-refractivity contribution in [3.63, 3.8) is 0 Å². The number of allylic oxidation sites excluding steroid dienone is 1. The number of esters is 2. The van der Waals surface area contributed by atoms with Gasteiger partial charge < -0.3 is 9.47 Å². The molecule has 0 bridgehead atoms. The number of carbonyl (C=O) groups is 2. The fourth-order valence-electron chi connectivity index (χ4n) is 1.55. The van der Waals surface area contributed by atoms with E-state index in [4.69, 9.17) is 4.74 Å². The maximum absolute atomic E-state index is 11.3. The molecule has 1 heterocycles. The molecule has 1 atom stereocenters. The Bertz CT molecular complexity index is 267. The molecule has 0 unspecified atom stereocenters. The third kappa shape index (κ3) is 2.34. The van der Waals surface area contributed by atoms with E-state index in [0.717, 1.165) is 0 Å². The lowest BCUT2D eigenvalue weighted by Gasteiger charge is -2.23. The van der Waals surface area contributed by atoms with Gasteiger partial charge in [-0.25, -0.2) is 4.79 Å². The molecule has 1 aliphatic rings. The first-order valence-corrected chi connectivity index (χ1v) is 4.59. The van der Waals surface area contributed by atoms with Crippen LogP contribution in [0.3, 0.4) is 0 Å². The predicted molar refractivity (Wildman–Crippen MR) is 49.5 cm³/mol. The van der Waals surface area contributed by atoms with E-state index in [1.807, 2.05) is 0 Å². The topological polar surface area (TPSA) is 52.6 Å². The van der Waals surface area contributed by atoms with Crippen molar-refractivity contribution < 1.29 is 19.1 Å². The Balaban J connectivity index is 2.66. The Kier molecular flexibility index (Phi) is 3.68. The third-order valence-corrected chi connectivity index (χ3v) is 2.33. The van der Waals surface area contributed by atoms with E-state index in [2.05, 4.69) is 4.74 Å². The van der Waals surface area contributed by atoms with Gasteiger partial charge in [-0.2, -0.15) is 0 Å². The Morgan fingerprint density at radius 2 is 2.43 bits per heavy atom.